The quantitative estimate of drug-likeness (QED) is 0.670. The van der Waals surface area contributed by atoms with Gasteiger partial charge in [0, 0.05) is 6.20 Å². The van der Waals surface area contributed by atoms with Gasteiger partial charge in [-0.05, 0) is 0 Å². The van der Waals surface area contributed by atoms with Crippen molar-refractivity contribution < 1.29 is 0 Å². The Morgan fingerprint density at radius 1 is 1.50 bits per heavy atom. The molecule has 1 rings (SSSR count). The zero-order chi connectivity index (χ0) is 3.54. The molecule has 0 saturated heterocycles. The molecule has 0 bridgehead atoms. The first-order valence-electron chi connectivity index (χ1n) is 1.38. The van der Waals surface area contributed by atoms with Gasteiger partial charge in [0.2, 0.25) is 0 Å². The van der Waals surface area contributed by atoms with Crippen LogP contribution in [0.1, 0.15) is 0 Å². The Kier molecular flexibility index (Phi) is 1.07. The maximum atomic E-state index is 3.47. The predicted octanol–water partition coefficient (Wildman–Crippen LogP) is 0.0388. The maximum Gasteiger partial charge on any atom is 0.00194 e. The molecule has 1 heterocycles. The number of hydrogen-bond acceptors (Lipinski definition) is 1. The number of rotatable bonds is 0. The molecule has 0 spiro atoms. The van der Waals surface area contributed by atoms with Crippen LogP contribution in [-0.4, -0.2) is 5.10 Å². The van der Waals surface area contributed by atoms with Crippen LogP contribution >= 0.6 is 0 Å². The predicted molar refractivity (Wildman–Crippen MR) is 17.6 cm³/mol. The topological polar surface area (TPSA) is 27.0 Å². The summed E-state index contributed by atoms with van der Waals surface area (Å²) in [5, 5.41) is 6.94. The van der Waals surface area contributed by atoms with Crippen molar-refractivity contribution in [1.82, 2.24) is 10.2 Å². The second-order valence-corrected chi connectivity index (χ2v) is 0.722. The number of hydrogen-bond donors (Lipinski definition) is 0. The van der Waals surface area contributed by atoms with Gasteiger partial charge in [-0.15, -0.1) is 0 Å². The first kappa shape index (κ1) is 4.21. The van der Waals surface area contributed by atoms with Crippen LogP contribution in [0, 0.1) is 0 Å². The number of nitrogens with zero attached hydrogens (tertiary/aromatic N) is 2. The van der Waals surface area contributed by atoms with Crippen LogP contribution in [0.4, 0.5) is 0 Å². The van der Waals surface area contributed by atoms with E-state index >= 15 is 0 Å². The van der Waals surface area contributed by atoms with E-state index < -0.39 is 0 Å². The van der Waals surface area contributed by atoms with Crippen molar-refractivity contribution in [2.45, 2.75) is 0 Å². The summed E-state index contributed by atoms with van der Waals surface area (Å²) in [6.07, 6.45) is 3.28. The minimum atomic E-state index is 0. The molecule has 0 fully saturated rings. The van der Waals surface area contributed by atoms with Crippen molar-refractivity contribution in [3.63, 3.8) is 0 Å². The smallest absolute Gasteiger partial charge is 0.00194 e. The van der Waals surface area contributed by atoms with Crippen LogP contribution < -0.4 is 5.10 Å². The van der Waals surface area contributed by atoms with Gasteiger partial charge < -0.3 is 10.2 Å². The zero-order valence-electron chi connectivity index (χ0n) is 3.33. The van der Waals surface area contributed by atoms with Gasteiger partial charge in [-0.1, -0.05) is 6.07 Å². The monoisotopic (exact) mass is 334 g/mol. The molecule has 0 aliphatic carbocycles. The standard InChI is InChI=1S/C3H3N2.Rf/c1-2-4-5-3-1;/h1-3H;/q-1;. The summed E-state index contributed by atoms with van der Waals surface area (Å²) >= 11 is 0. The maximum absolute atomic E-state index is 3.47. The Morgan fingerprint density at radius 3 is 2.50 bits per heavy atom. The fourth-order valence-electron chi connectivity index (χ4n) is 0.192. The molecule has 2 nitrogen and oxygen atoms in total. The Labute approximate surface area is 29.8 Å². The van der Waals surface area contributed by atoms with Crippen LogP contribution in [0.25, 0.3) is 0 Å². The first-order chi connectivity index (χ1) is 2.50. The largest absolute Gasteiger partial charge is 0.582 e. The average molecular weight is 334 g/mol. The van der Waals surface area contributed by atoms with Crippen LogP contribution in [0.3, 0.4) is 0 Å². The molecule has 0 atom stereocenters. The third-order valence-electron chi connectivity index (χ3n) is 0.372. The molecule has 0 unspecified atom stereocenters. The van der Waals surface area contributed by atoms with E-state index in [-0.39, 0.29) is 0 Å². The molecular weight excluding hydrogens is 331 g/mol. The Balaban J connectivity index is 0.000000250. The van der Waals surface area contributed by atoms with Gasteiger partial charge in [-0.2, -0.15) is 6.20 Å². The van der Waals surface area contributed by atoms with Gasteiger partial charge >= 0.3 is 0 Å². The summed E-state index contributed by atoms with van der Waals surface area (Å²) in [6.45, 7) is 0. The summed E-state index contributed by atoms with van der Waals surface area (Å²) < 4.78 is 0. The van der Waals surface area contributed by atoms with E-state index in [1.54, 1.807) is 18.5 Å². The fourth-order valence-corrected chi connectivity index (χ4v) is 0.192. The zero-order valence-corrected chi connectivity index (χ0v) is 9.73. The third kappa shape index (κ3) is 0.314. The van der Waals surface area contributed by atoms with Crippen LogP contribution in [0.5, 0.6) is 0 Å². The molecule has 3 heteroatoms. The van der Waals surface area contributed by atoms with Crippen LogP contribution in [0.2, 0.25) is 0 Å². The molecule has 0 amide bonds. The first-order valence-corrected chi connectivity index (χ1v) is 1.38. The van der Waals surface area contributed by atoms with E-state index in [9.17, 15) is 0 Å². The molecule has 1 aromatic heterocycles. The van der Waals surface area contributed by atoms with Crippen LogP contribution in [0.15, 0.2) is 18.5 Å². The van der Waals surface area contributed by atoms with Crippen LogP contribution in [-0.2, 0) is 0 Å². The van der Waals surface area contributed by atoms with Gasteiger partial charge in [-0.25, -0.2) is 0 Å². The van der Waals surface area contributed by atoms with Gasteiger partial charge in [0.05, 0.1) is 0 Å². The Bertz CT molecular complexity index is 65.3. The summed E-state index contributed by atoms with van der Waals surface area (Å²) in [5.41, 5.74) is 0. The second kappa shape index (κ2) is 1.52. The summed E-state index contributed by atoms with van der Waals surface area (Å²) in [5.74, 6) is 0. The molecule has 0 aromatic carbocycles. The Hall–Kier alpha value is -1.79. The molecule has 0 aliphatic rings. The number of aromatic nitrogens is 2. The van der Waals surface area contributed by atoms with Crippen molar-refractivity contribution in [2.75, 3.05) is 0 Å². The fraction of sp³-hybridized carbons (Fsp3) is 0. The molecule has 0 aliphatic heterocycles. The summed E-state index contributed by atoms with van der Waals surface area (Å²) in [7, 11) is 0. The average Bonchev–Trinajstić information content (AvgIpc) is 1.76. The summed E-state index contributed by atoms with van der Waals surface area (Å²) in [6, 6.07) is 1.78. The SMILES string of the molecule is [Rf].c1cn[n-]c1. The van der Waals surface area contributed by atoms with Crippen molar-refractivity contribution in [3.05, 3.63) is 18.5 Å². The van der Waals surface area contributed by atoms with Gasteiger partial charge in [0.25, 0.3) is 0 Å². The van der Waals surface area contributed by atoms with E-state index in [1.807, 2.05) is 0 Å². The van der Waals surface area contributed by atoms with E-state index in [0.717, 1.165) is 0 Å². The van der Waals surface area contributed by atoms with E-state index in [0.29, 0.717) is 0 Å². The van der Waals surface area contributed by atoms with Gasteiger partial charge in [-0.3, -0.25) is 0 Å². The molecule has 28 valence electrons. The van der Waals surface area contributed by atoms with E-state index in [2.05, 4.69) is 10.2 Å². The normalized spacial score (nSPS) is 6.67. The Morgan fingerprint density at radius 2 is 2.33 bits per heavy atom. The molecule has 6 heavy (non-hydrogen) atoms. The molecule has 0 saturated carbocycles. The third-order valence-corrected chi connectivity index (χ3v) is 0.372. The summed E-state index contributed by atoms with van der Waals surface area (Å²) in [4.78, 5) is 0. The van der Waals surface area contributed by atoms with Crippen molar-refractivity contribution >= 4 is 0 Å². The van der Waals surface area contributed by atoms with E-state index in [4.69, 9.17) is 0 Å². The van der Waals surface area contributed by atoms with Crippen molar-refractivity contribution in [2.24, 2.45) is 0 Å². The minimum Gasteiger partial charge on any atom is -0.582 e. The van der Waals surface area contributed by atoms with Gasteiger partial charge in [0.15, 0.2) is 0 Å². The second-order valence-electron chi connectivity index (χ2n) is 0.722. The van der Waals surface area contributed by atoms with Crippen molar-refractivity contribution in [3.8, 4) is 0 Å². The molecule has 1 aromatic rings. The minimum absolute atomic E-state index is 0. The molecule has 0 N–H and O–H groups in total. The molecular formula is C3H3N2Rf-. The van der Waals surface area contributed by atoms with E-state index in [1.165, 1.54) is 0 Å². The van der Waals surface area contributed by atoms with Gasteiger partial charge in [0.1, 0.15) is 0 Å². The molecule has 0 radical (unpaired) electrons. The van der Waals surface area contributed by atoms with Crippen molar-refractivity contribution in [1.29, 1.82) is 0 Å².